The highest BCUT2D eigenvalue weighted by atomic mass is 32.2. The number of carbonyl (C=O) groups is 2. The van der Waals surface area contributed by atoms with Gasteiger partial charge in [-0.3, -0.25) is 14.1 Å². The topological polar surface area (TPSA) is 153 Å². The van der Waals surface area contributed by atoms with Crippen molar-refractivity contribution in [2.24, 2.45) is 5.73 Å². The van der Waals surface area contributed by atoms with Gasteiger partial charge in [0.05, 0.1) is 6.04 Å². The summed E-state index contributed by atoms with van der Waals surface area (Å²) in [6.45, 7) is 0. The normalized spacial score (nSPS) is 12.6. The van der Waals surface area contributed by atoms with Crippen LogP contribution >= 0.6 is 0 Å². The van der Waals surface area contributed by atoms with Crippen molar-refractivity contribution in [2.75, 3.05) is 5.75 Å². The average Bonchev–Trinajstić information content (AvgIpc) is 2.20. The standard InChI is InChI=1S/C7H11N2O7S/c8-5(3-10)1-2-7(12)16-9-6(11)4-17(13,14)15/h5H,1-2,4,8H2,(H,9,11)(H,13,14,15)/t5-/m0/s1. The molecule has 0 bridgehead atoms. The number of rotatable bonds is 6. The Balaban J connectivity index is 3.85. The molecule has 0 aliphatic carbocycles. The second-order valence-corrected chi connectivity index (χ2v) is 4.44. The summed E-state index contributed by atoms with van der Waals surface area (Å²) in [5.74, 6) is -3.33. The molecule has 0 saturated carbocycles. The second-order valence-electron chi connectivity index (χ2n) is 2.99. The van der Waals surface area contributed by atoms with Crippen molar-refractivity contribution in [1.29, 1.82) is 0 Å². The first-order valence-electron chi connectivity index (χ1n) is 4.31. The van der Waals surface area contributed by atoms with Crippen LogP contribution in [-0.2, 0) is 29.3 Å². The maximum Gasteiger partial charge on any atom is 0.332 e. The average molecular weight is 267 g/mol. The Bertz CT molecular complexity index is 391. The molecule has 9 nitrogen and oxygen atoms in total. The summed E-state index contributed by atoms with van der Waals surface area (Å²) < 4.78 is 28.7. The lowest BCUT2D eigenvalue weighted by Crippen LogP contribution is -2.32. The van der Waals surface area contributed by atoms with Gasteiger partial charge in [0.15, 0.2) is 5.75 Å². The molecule has 4 N–H and O–H groups in total. The van der Waals surface area contributed by atoms with Crippen LogP contribution in [-0.4, -0.2) is 42.9 Å². The predicted octanol–water partition coefficient (Wildman–Crippen LogP) is -2.33. The maximum atomic E-state index is 10.9. The molecule has 1 atom stereocenters. The van der Waals surface area contributed by atoms with Gasteiger partial charge in [0.2, 0.25) is 6.29 Å². The van der Waals surface area contributed by atoms with Crippen molar-refractivity contribution >= 4 is 28.3 Å². The van der Waals surface area contributed by atoms with Crippen molar-refractivity contribution in [3.63, 3.8) is 0 Å². The molecule has 0 aliphatic heterocycles. The van der Waals surface area contributed by atoms with Gasteiger partial charge in [-0.2, -0.15) is 13.9 Å². The van der Waals surface area contributed by atoms with Crippen molar-refractivity contribution in [3.8, 4) is 0 Å². The smallest absolute Gasteiger partial charge is 0.332 e. The monoisotopic (exact) mass is 267 g/mol. The SMILES string of the molecule is N[C@H]([C]=O)CCC(=O)ONC(=O)CS(=O)(=O)O. The van der Waals surface area contributed by atoms with Gasteiger partial charge in [-0.15, -0.1) is 0 Å². The van der Waals surface area contributed by atoms with E-state index >= 15 is 0 Å². The van der Waals surface area contributed by atoms with Crippen LogP contribution in [0, 0.1) is 0 Å². The van der Waals surface area contributed by atoms with Gasteiger partial charge in [-0.25, -0.2) is 4.79 Å². The summed E-state index contributed by atoms with van der Waals surface area (Å²) in [6.07, 6.45) is 1.17. The highest BCUT2D eigenvalue weighted by Crippen LogP contribution is 1.94. The Labute approximate surface area is 97.0 Å². The zero-order valence-electron chi connectivity index (χ0n) is 8.58. The number of amides is 1. The van der Waals surface area contributed by atoms with E-state index < -0.39 is 33.8 Å². The van der Waals surface area contributed by atoms with Crippen LogP contribution < -0.4 is 11.2 Å². The molecule has 97 valence electrons. The van der Waals surface area contributed by atoms with Gasteiger partial charge < -0.3 is 10.6 Å². The molecule has 10 heteroatoms. The van der Waals surface area contributed by atoms with E-state index in [4.69, 9.17) is 10.3 Å². The van der Waals surface area contributed by atoms with Crippen LogP contribution in [0.1, 0.15) is 12.8 Å². The highest BCUT2D eigenvalue weighted by molar-refractivity contribution is 7.86. The van der Waals surface area contributed by atoms with Crippen LogP contribution in [0.5, 0.6) is 0 Å². The summed E-state index contributed by atoms with van der Waals surface area (Å²) in [5.41, 5.74) is 6.64. The van der Waals surface area contributed by atoms with E-state index in [0.29, 0.717) is 0 Å². The zero-order chi connectivity index (χ0) is 13.5. The van der Waals surface area contributed by atoms with Crippen molar-refractivity contribution in [2.45, 2.75) is 18.9 Å². The predicted molar refractivity (Wildman–Crippen MR) is 53.6 cm³/mol. The third kappa shape index (κ3) is 9.41. The minimum Gasteiger partial charge on any atom is -0.341 e. The molecule has 0 rings (SSSR count). The fraction of sp³-hybridized carbons (Fsp3) is 0.571. The van der Waals surface area contributed by atoms with Crippen LogP contribution in [0.15, 0.2) is 0 Å². The molecule has 0 aromatic rings. The molecule has 17 heavy (non-hydrogen) atoms. The first-order valence-corrected chi connectivity index (χ1v) is 5.92. The summed E-state index contributed by atoms with van der Waals surface area (Å²) in [7, 11) is -4.48. The van der Waals surface area contributed by atoms with E-state index in [1.807, 2.05) is 0 Å². The molecular formula is C7H11N2O7S. The Morgan fingerprint density at radius 2 is 2.06 bits per heavy atom. The number of carbonyl (C=O) groups excluding carboxylic acids is 3. The number of nitrogens with one attached hydrogen (secondary N) is 1. The van der Waals surface area contributed by atoms with Gasteiger partial charge in [0.25, 0.3) is 16.0 Å². The minimum absolute atomic E-state index is 0.0174. The first-order chi connectivity index (χ1) is 7.74. The van der Waals surface area contributed by atoms with Crippen LogP contribution in [0.3, 0.4) is 0 Å². The molecule has 1 amide bonds. The highest BCUT2D eigenvalue weighted by Gasteiger charge is 2.15. The first kappa shape index (κ1) is 15.5. The Hall–Kier alpha value is -1.52. The number of hydrogen-bond donors (Lipinski definition) is 3. The molecule has 1 radical (unpaired) electrons. The van der Waals surface area contributed by atoms with Crippen LogP contribution in [0.25, 0.3) is 0 Å². The third-order valence-electron chi connectivity index (χ3n) is 1.40. The van der Waals surface area contributed by atoms with E-state index in [0.717, 1.165) is 0 Å². The molecule has 0 fully saturated rings. The molecule has 0 unspecified atom stereocenters. The number of hydroxylamine groups is 1. The molecular weight excluding hydrogens is 256 g/mol. The summed E-state index contributed by atoms with van der Waals surface area (Å²) in [5, 5.41) is 0. The van der Waals surface area contributed by atoms with Gasteiger partial charge in [0.1, 0.15) is 0 Å². The van der Waals surface area contributed by atoms with Gasteiger partial charge in [0, 0.05) is 6.42 Å². The Morgan fingerprint density at radius 3 is 2.53 bits per heavy atom. The largest absolute Gasteiger partial charge is 0.341 e. The second kappa shape index (κ2) is 6.93. The molecule has 0 saturated heterocycles. The maximum absolute atomic E-state index is 10.9. The quantitative estimate of drug-likeness (QED) is 0.357. The van der Waals surface area contributed by atoms with Crippen LogP contribution in [0.4, 0.5) is 0 Å². The summed E-state index contributed by atoms with van der Waals surface area (Å²) in [6, 6.07) is -0.934. The summed E-state index contributed by atoms with van der Waals surface area (Å²) >= 11 is 0. The van der Waals surface area contributed by atoms with Crippen LogP contribution in [0.2, 0.25) is 0 Å². The number of hydrogen-bond acceptors (Lipinski definition) is 7. The Kier molecular flexibility index (Phi) is 6.31. The third-order valence-corrected chi connectivity index (χ3v) is 2.03. The molecule has 0 aromatic heterocycles. The van der Waals surface area contributed by atoms with E-state index in [9.17, 15) is 22.8 Å². The lowest BCUT2D eigenvalue weighted by atomic mass is 10.2. The molecule has 0 heterocycles. The number of nitrogens with two attached hydrogens (primary N) is 1. The lowest BCUT2D eigenvalue weighted by Gasteiger charge is -2.05. The Morgan fingerprint density at radius 1 is 1.47 bits per heavy atom. The van der Waals surface area contributed by atoms with Gasteiger partial charge in [-0.1, -0.05) is 0 Å². The summed E-state index contributed by atoms with van der Waals surface area (Å²) in [4.78, 5) is 35.8. The molecule has 0 aromatic carbocycles. The van der Waals surface area contributed by atoms with Crippen molar-refractivity contribution in [3.05, 3.63) is 0 Å². The lowest BCUT2D eigenvalue weighted by molar-refractivity contribution is -0.157. The van der Waals surface area contributed by atoms with E-state index in [1.54, 1.807) is 0 Å². The minimum atomic E-state index is -4.48. The molecule has 0 aliphatic rings. The van der Waals surface area contributed by atoms with E-state index in [1.165, 1.54) is 11.8 Å². The fourth-order valence-corrected chi connectivity index (χ4v) is 1.08. The van der Waals surface area contributed by atoms with E-state index in [2.05, 4.69) is 4.84 Å². The van der Waals surface area contributed by atoms with Crippen molar-refractivity contribution < 1.29 is 32.2 Å². The van der Waals surface area contributed by atoms with Crippen molar-refractivity contribution in [1.82, 2.24) is 5.48 Å². The van der Waals surface area contributed by atoms with Gasteiger partial charge in [-0.05, 0) is 6.42 Å². The van der Waals surface area contributed by atoms with E-state index in [-0.39, 0.29) is 12.8 Å². The van der Waals surface area contributed by atoms with Gasteiger partial charge >= 0.3 is 5.97 Å². The fourth-order valence-electron chi connectivity index (χ4n) is 0.692. The zero-order valence-corrected chi connectivity index (χ0v) is 9.40. The molecule has 0 spiro atoms.